The summed E-state index contributed by atoms with van der Waals surface area (Å²) in [5.74, 6) is -0.336. The number of hydrogen-bond acceptors (Lipinski definition) is 4. The second-order valence-electron chi connectivity index (χ2n) is 6.19. The van der Waals surface area contributed by atoms with Crippen LogP contribution in [-0.4, -0.2) is 27.6 Å². The molecule has 1 heterocycles. The van der Waals surface area contributed by atoms with Crippen LogP contribution in [-0.2, 0) is 4.74 Å². The van der Waals surface area contributed by atoms with Crippen LogP contribution >= 0.6 is 0 Å². The Morgan fingerprint density at radius 1 is 0.786 bits per heavy atom. The maximum atomic E-state index is 11.9. The highest BCUT2D eigenvalue weighted by molar-refractivity contribution is 5.89. The number of esters is 1. The van der Waals surface area contributed by atoms with E-state index in [1.54, 1.807) is 23.9 Å². The van der Waals surface area contributed by atoms with Gasteiger partial charge in [-0.15, -0.1) is 10.2 Å². The van der Waals surface area contributed by atoms with Crippen LogP contribution in [0.2, 0.25) is 0 Å². The average molecular weight is 369 g/mol. The summed E-state index contributed by atoms with van der Waals surface area (Å²) in [7, 11) is 0. The average Bonchev–Trinajstić information content (AvgIpc) is 3.21. The Labute approximate surface area is 163 Å². The van der Waals surface area contributed by atoms with E-state index in [0.717, 1.165) is 28.2 Å². The van der Waals surface area contributed by atoms with Crippen molar-refractivity contribution in [3.05, 3.63) is 90.5 Å². The molecule has 0 N–H and O–H groups in total. The molecule has 0 saturated heterocycles. The van der Waals surface area contributed by atoms with Gasteiger partial charge < -0.3 is 4.74 Å². The van der Waals surface area contributed by atoms with Crippen LogP contribution in [0.15, 0.2) is 84.9 Å². The Morgan fingerprint density at radius 3 is 1.75 bits per heavy atom. The number of hydrogen-bond donors (Lipinski definition) is 0. The van der Waals surface area contributed by atoms with E-state index in [4.69, 9.17) is 14.9 Å². The molecule has 5 nitrogen and oxygen atoms in total. The normalized spacial score (nSPS) is 10.6. The molecule has 0 aliphatic carbocycles. The van der Waals surface area contributed by atoms with E-state index in [1.807, 2.05) is 72.8 Å². The highest BCUT2D eigenvalue weighted by atomic mass is 16.5. The number of benzene rings is 3. The number of carbonyl (C=O) groups excluding carboxylic acids is 1. The molecule has 0 aliphatic heterocycles. The first-order valence-electron chi connectivity index (χ1n) is 9.12. The third-order valence-corrected chi connectivity index (χ3v) is 4.32. The first kappa shape index (κ1) is 17.7. The summed E-state index contributed by atoms with van der Waals surface area (Å²) in [5.41, 5.74) is 4.88. The van der Waals surface area contributed by atoms with Crippen LogP contribution in [0.3, 0.4) is 0 Å². The fourth-order valence-electron chi connectivity index (χ4n) is 2.95. The summed E-state index contributed by atoms with van der Waals surface area (Å²) in [6.45, 7) is 2.14. The third-order valence-electron chi connectivity index (χ3n) is 4.32. The SMILES string of the molecule is CCOC(=O)c1ccc(-n2nc(-c3ccccc3)c(-c3ccccc3)n2)cc1. The molecule has 1 aromatic heterocycles. The van der Waals surface area contributed by atoms with Crippen molar-refractivity contribution in [1.29, 1.82) is 0 Å². The summed E-state index contributed by atoms with van der Waals surface area (Å²) >= 11 is 0. The minimum absolute atomic E-state index is 0.336. The smallest absolute Gasteiger partial charge is 0.338 e. The van der Waals surface area contributed by atoms with Crippen molar-refractivity contribution in [3.63, 3.8) is 0 Å². The van der Waals surface area contributed by atoms with Crippen molar-refractivity contribution >= 4 is 5.97 Å². The molecule has 28 heavy (non-hydrogen) atoms. The van der Waals surface area contributed by atoms with Gasteiger partial charge in [0.15, 0.2) is 0 Å². The van der Waals surface area contributed by atoms with E-state index in [2.05, 4.69) is 0 Å². The van der Waals surface area contributed by atoms with Gasteiger partial charge in [0.05, 0.1) is 17.9 Å². The van der Waals surface area contributed by atoms with Gasteiger partial charge in [-0.05, 0) is 31.2 Å². The Balaban J connectivity index is 1.77. The molecule has 0 atom stereocenters. The molecule has 0 bridgehead atoms. The molecule has 0 spiro atoms. The second kappa shape index (κ2) is 7.88. The molecule has 3 aromatic carbocycles. The maximum absolute atomic E-state index is 11.9. The van der Waals surface area contributed by atoms with Crippen LogP contribution in [0.5, 0.6) is 0 Å². The summed E-state index contributed by atoms with van der Waals surface area (Å²) in [4.78, 5) is 13.5. The molecule has 0 saturated carbocycles. The molecule has 4 aromatic rings. The summed E-state index contributed by atoms with van der Waals surface area (Å²) in [6.07, 6.45) is 0. The van der Waals surface area contributed by atoms with Gasteiger partial charge in [-0.25, -0.2) is 4.79 Å². The minimum atomic E-state index is -0.336. The van der Waals surface area contributed by atoms with Gasteiger partial charge in [0, 0.05) is 11.1 Å². The van der Waals surface area contributed by atoms with Crippen molar-refractivity contribution in [2.75, 3.05) is 6.61 Å². The molecule has 138 valence electrons. The minimum Gasteiger partial charge on any atom is -0.462 e. The fourth-order valence-corrected chi connectivity index (χ4v) is 2.95. The number of nitrogens with zero attached hydrogens (tertiary/aromatic N) is 3. The predicted molar refractivity (Wildman–Crippen MR) is 108 cm³/mol. The first-order chi connectivity index (χ1) is 13.8. The lowest BCUT2D eigenvalue weighted by atomic mass is 10.1. The first-order valence-corrected chi connectivity index (χ1v) is 9.12. The molecule has 0 unspecified atom stereocenters. The summed E-state index contributed by atoms with van der Waals surface area (Å²) in [6, 6.07) is 27.0. The largest absolute Gasteiger partial charge is 0.462 e. The fraction of sp³-hybridized carbons (Fsp3) is 0.0870. The Hall–Kier alpha value is -3.73. The molecular weight excluding hydrogens is 350 g/mol. The third kappa shape index (κ3) is 3.55. The summed E-state index contributed by atoms with van der Waals surface area (Å²) < 4.78 is 5.04. The van der Waals surface area contributed by atoms with E-state index in [9.17, 15) is 4.79 Å². The van der Waals surface area contributed by atoms with Crippen LogP contribution in [0.25, 0.3) is 28.2 Å². The molecule has 4 rings (SSSR count). The van der Waals surface area contributed by atoms with E-state index in [0.29, 0.717) is 12.2 Å². The van der Waals surface area contributed by atoms with Gasteiger partial charge in [0.1, 0.15) is 11.4 Å². The molecule has 0 aliphatic rings. The molecule has 0 amide bonds. The van der Waals surface area contributed by atoms with Crippen LogP contribution in [0.4, 0.5) is 0 Å². The Kier molecular flexibility index (Phi) is 4.97. The number of carbonyl (C=O) groups is 1. The summed E-state index contributed by atoms with van der Waals surface area (Å²) in [5, 5.41) is 9.45. The van der Waals surface area contributed by atoms with Crippen LogP contribution in [0.1, 0.15) is 17.3 Å². The quantitative estimate of drug-likeness (QED) is 0.475. The number of ether oxygens (including phenoxy) is 1. The van der Waals surface area contributed by atoms with E-state index in [-0.39, 0.29) is 5.97 Å². The molecule has 0 radical (unpaired) electrons. The van der Waals surface area contributed by atoms with Gasteiger partial charge in [-0.1, -0.05) is 60.7 Å². The van der Waals surface area contributed by atoms with Crippen LogP contribution in [0, 0.1) is 0 Å². The van der Waals surface area contributed by atoms with Crippen molar-refractivity contribution in [2.24, 2.45) is 0 Å². The van der Waals surface area contributed by atoms with Gasteiger partial charge >= 0.3 is 5.97 Å². The maximum Gasteiger partial charge on any atom is 0.338 e. The van der Waals surface area contributed by atoms with Gasteiger partial charge in [-0.3, -0.25) is 0 Å². The van der Waals surface area contributed by atoms with E-state index >= 15 is 0 Å². The van der Waals surface area contributed by atoms with Crippen molar-refractivity contribution < 1.29 is 9.53 Å². The molecule has 5 heteroatoms. The lowest BCUT2D eigenvalue weighted by Crippen LogP contribution is -2.05. The van der Waals surface area contributed by atoms with Gasteiger partial charge in [0.25, 0.3) is 0 Å². The van der Waals surface area contributed by atoms with E-state index in [1.165, 1.54) is 0 Å². The molecular formula is C23H19N3O2. The topological polar surface area (TPSA) is 57.0 Å². The molecule has 0 fully saturated rings. The second-order valence-corrected chi connectivity index (χ2v) is 6.19. The lowest BCUT2D eigenvalue weighted by Gasteiger charge is -2.03. The zero-order valence-corrected chi connectivity index (χ0v) is 15.4. The lowest BCUT2D eigenvalue weighted by molar-refractivity contribution is 0.0526. The number of aromatic nitrogens is 3. The Bertz CT molecular complexity index is 1020. The highest BCUT2D eigenvalue weighted by Crippen LogP contribution is 2.29. The van der Waals surface area contributed by atoms with Gasteiger partial charge in [0.2, 0.25) is 0 Å². The predicted octanol–water partition coefficient (Wildman–Crippen LogP) is 4.78. The zero-order chi connectivity index (χ0) is 19.3. The standard InChI is InChI=1S/C23H19N3O2/c1-2-28-23(27)19-13-15-20(16-14-19)26-24-21(17-9-5-3-6-10-17)22(25-26)18-11-7-4-8-12-18/h3-16H,2H2,1H3. The number of rotatable bonds is 5. The van der Waals surface area contributed by atoms with E-state index < -0.39 is 0 Å². The van der Waals surface area contributed by atoms with Crippen molar-refractivity contribution in [1.82, 2.24) is 15.0 Å². The van der Waals surface area contributed by atoms with Crippen molar-refractivity contribution in [3.8, 4) is 28.2 Å². The monoisotopic (exact) mass is 369 g/mol. The van der Waals surface area contributed by atoms with Gasteiger partial charge in [-0.2, -0.15) is 4.80 Å². The highest BCUT2D eigenvalue weighted by Gasteiger charge is 2.16. The van der Waals surface area contributed by atoms with Crippen LogP contribution < -0.4 is 0 Å². The Morgan fingerprint density at radius 2 is 1.29 bits per heavy atom. The zero-order valence-electron chi connectivity index (χ0n) is 15.4. The van der Waals surface area contributed by atoms with Crippen molar-refractivity contribution in [2.45, 2.75) is 6.92 Å².